The molecule has 0 unspecified atom stereocenters. The number of nitrogens with two attached hydrogens (primary N) is 1. The van der Waals surface area contributed by atoms with Crippen molar-refractivity contribution in [3.05, 3.63) is 0 Å². The number of carbonyl (C=O) groups is 13. The summed E-state index contributed by atoms with van der Waals surface area (Å²) in [5.74, 6) is -10.2. The van der Waals surface area contributed by atoms with Gasteiger partial charge in [0.15, 0.2) is 36.6 Å². The van der Waals surface area contributed by atoms with Crippen molar-refractivity contribution in [3.63, 3.8) is 0 Å². The zero-order chi connectivity index (χ0) is 62.1. The number of amides is 5. The Bertz CT molecular complexity index is 2250. The summed E-state index contributed by atoms with van der Waals surface area (Å²) in [6, 6.07) is -5.06. The quantitative estimate of drug-likeness (QED) is 0.0352. The normalized spacial score (nSPS) is 23.6. The van der Waals surface area contributed by atoms with Crippen LogP contribution in [0.4, 0.5) is 0 Å². The lowest BCUT2D eigenvalue weighted by Crippen LogP contribution is -2.61. The highest BCUT2D eigenvalue weighted by Crippen LogP contribution is 2.37. The van der Waals surface area contributed by atoms with E-state index >= 15 is 0 Å². The van der Waals surface area contributed by atoms with Crippen molar-refractivity contribution in [1.82, 2.24) is 21.3 Å². The van der Waals surface area contributed by atoms with E-state index in [1.807, 2.05) is 0 Å². The van der Waals surface area contributed by atoms with Crippen LogP contribution < -0.4 is 27.0 Å². The fourth-order valence-electron chi connectivity index (χ4n) is 8.64. The maximum Gasteiger partial charge on any atom is 0.303 e. The van der Waals surface area contributed by atoms with Gasteiger partial charge >= 0.3 is 47.8 Å². The zero-order valence-electron chi connectivity index (χ0n) is 48.6. The van der Waals surface area contributed by atoms with Gasteiger partial charge in [-0.05, 0) is 61.9 Å². The molecule has 2 rings (SSSR count). The fraction of sp³-hybridized carbons (Fsp3) is 0.750. The molecule has 2 aliphatic rings. The number of nitrogens with one attached hydrogen (secondary N) is 4. The lowest BCUT2D eigenvalue weighted by Gasteiger charge is -2.44. The van der Waals surface area contributed by atoms with E-state index in [-0.39, 0.29) is 61.9 Å². The van der Waals surface area contributed by atoms with Gasteiger partial charge < -0.3 is 74.4 Å². The molecule has 0 bridgehead atoms. The Balaban J connectivity index is 2.45. The van der Waals surface area contributed by atoms with Crippen molar-refractivity contribution >= 4 is 101 Å². The highest BCUT2D eigenvalue weighted by Gasteiger charge is 2.54. The molecule has 2 saturated heterocycles. The van der Waals surface area contributed by atoms with E-state index in [0.29, 0.717) is 0 Å². The smallest absolute Gasteiger partial charge is 0.303 e. The standard InChI is InChI=1S/C52H81N5O23S2/c1-24(2)20-37(47(53)67)56-49(69)36(17-15-19-82-52-46(78-34(13)66)44(76-32(11)64)42(74-30(9)62)40(80-52)23-72-28(7)60)55-50(70)38(21-25(3)4)57-48(68)35(54-26(5)58)16-14-18-81-51-45(77-33(12)65)43(75-31(10)63)41(73-29(8)61)39(79-51)22-71-27(6)59/h24-25,35-46,51-52H,14-23H2,1-13H3,(H2,53,67)(H,54,58)(H,55,70)(H,56,69)(H,57,68)/t35-,36-,37-,38-,39+,40+,41+,42+,43-,44-,45+,46+,51-,52-/m0/s1. The molecule has 28 nitrogen and oxygen atoms in total. The molecule has 2 heterocycles. The van der Waals surface area contributed by atoms with E-state index in [1.165, 1.54) is 6.92 Å². The number of rotatable bonds is 32. The van der Waals surface area contributed by atoms with E-state index in [4.69, 9.17) is 53.1 Å². The molecular formula is C52H81N5O23S2. The molecule has 464 valence electrons. The topological polar surface area (TPSA) is 388 Å². The summed E-state index contributed by atoms with van der Waals surface area (Å²) in [5.41, 5.74) is 3.40. The van der Waals surface area contributed by atoms with Crippen molar-refractivity contribution < 1.29 is 110 Å². The van der Waals surface area contributed by atoms with Crippen LogP contribution in [0, 0.1) is 11.8 Å². The first-order chi connectivity index (χ1) is 38.3. The molecule has 0 spiro atoms. The second kappa shape index (κ2) is 35.7. The monoisotopic (exact) mass is 1210 g/mol. The SMILES string of the molecule is CC(=O)N[C@@H](CCCS[C@@H]1O[C@H](COC(C)=O)[C@@H](OC(C)=O)[C@H](OC(C)=O)[C@H]1OC(C)=O)C(=O)N[C@@H](CC(C)C)C(=O)N[C@@H](CCCS[C@@H]1O[C@H](COC(C)=O)[C@@H](OC(C)=O)[C@H](OC(C)=O)[C@H]1OC(C)=O)C(=O)N[C@@H](CC(C)C)C(N)=O. The summed E-state index contributed by atoms with van der Waals surface area (Å²) in [5, 5.41) is 10.6. The predicted molar refractivity (Wildman–Crippen MR) is 289 cm³/mol. The molecule has 2 fully saturated rings. The van der Waals surface area contributed by atoms with Crippen molar-refractivity contribution in [2.24, 2.45) is 17.6 Å². The van der Waals surface area contributed by atoms with Crippen LogP contribution in [0.3, 0.4) is 0 Å². The Morgan fingerprint density at radius 1 is 0.415 bits per heavy atom. The number of primary amides is 1. The van der Waals surface area contributed by atoms with Gasteiger partial charge in [0.05, 0.1) is 0 Å². The zero-order valence-corrected chi connectivity index (χ0v) is 50.2. The Hall–Kier alpha value is -6.27. The first-order valence-corrected chi connectivity index (χ1v) is 28.7. The van der Waals surface area contributed by atoms with Gasteiger partial charge in [0.25, 0.3) is 0 Å². The number of esters is 8. The molecule has 0 radical (unpaired) electrons. The van der Waals surface area contributed by atoms with Crippen LogP contribution in [0.25, 0.3) is 0 Å². The van der Waals surface area contributed by atoms with E-state index in [0.717, 1.165) is 78.9 Å². The number of thioether (sulfide) groups is 2. The summed E-state index contributed by atoms with van der Waals surface area (Å²) in [4.78, 5) is 165. The summed E-state index contributed by atoms with van der Waals surface area (Å²) < 4.78 is 55.7. The Kier molecular flexibility index (Phi) is 31.2. The third-order valence-electron chi connectivity index (χ3n) is 11.8. The molecule has 82 heavy (non-hydrogen) atoms. The van der Waals surface area contributed by atoms with Crippen LogP contribution >= 0.6 is 23.5 Å². The number of ether oxygens (including phenoxy) is 10. The molecule has 0 aromatic carbocycles. The van der Waals surface area contributed by atoms with Crippen molar-refractivity contribution in [3.8, 4) is 0 Å². The van der Waals surface area contributed by atoms with Gasteiger partial charge in [0, 0.05) is 62.3 Å². The fourth-order valence-corrected chi connectivity index (χ4v) is 11.0. The second-order valence-corrected chi connectivity index (χ2v) is 22.7. The number of hydrogen-bond donors (Lipinski definition) is 5. The molecular weight excluding hydrogens is 1130 g/mol. The lowest BCUT2D eigenvalue weighted by molar-refractivity contribution is -0.237. The van der Waals surface area contributed by atoms with Gasteiger partial charge in [-0.3, -0.25) is 62.3 Å². The maximum atomic E-state index is 14.4. The van der Waals surface area contributed by atoms with E-state index < -0.39 is 174 Å². The third-order valence-corrected chi connectivity index (χ3v) is 14.2. The molecule has 30 heteroatoms. The van der Waals surface area contributed by atoms with E-state index in [9.17, 15) is 62.3 Å². The Morgan fingerprint density at radius 2 is 0.720 bits per heavy atom. The van der Waals surface area contributed by atoms with E-state index in [2.05, 4.69) is 21.3 Å². The van der Waals surface area contributed by atoms with Gasteiger partial charge in [0.1, 0.15) is 60.5 Å². The van der Waals surface area contributed by atoms with Crippen molar-refractivity contribution in [2.75, 3.05) is 24.7 Å². The largest absolute Gasteiger partial charge is 0.463 e. The van der Waals surface area contributed by atoms with Gasteiger partial charge in [-0.25, -0.2) is 0 Å². The molecule has 0 aromatic heterocycles. The average Bonchev–Trinajstić information content (AvgIpc) is 3.50. The molecule has 6 N–H and O–H groups in total. The van der Waals surface area contributed by atoms with Crippen molar-refractivity contribution in [1.29, 1.82) is 0 Å². The van der Waals surface area contributed by atoms with Gasteiger partial charge in [-0.15, -0.1) is 23.5 Å². The highest BCUT2D eigenvalue weighted by molar-refractivity contribution is 8.00. The molecule has 2 aliphatic heterocycles. The number of hydrogen-bond acceptors (Lipinski definition) is 25. The lowest BCUT2D eigenvalue weighted by atomic mass is 9.99. The molecule has 0 saturated carbocycles. The first kappa shape index (κ1) is 71.8. The van der Waals surface area contributed by atoms with Crippen LogP contribution in [-0.4, -0.2) is 186 Å². The Morgan fingerprint density at radius 3 is 1.05 bits per heavy atom. The molecule has 5 amide bonds. The molecule has 0 aromatic rings. The average molecular weight is 1210 g/mol. The van der Waals surface area contributed by atoms with Crippen LogP contribution in [-0.2, 0) is 110 Å². The molecule has 0 aliphatic carbocycles. The minimum atomic E-state index is -1.43. The third kappa shape index (κ3) is 26.3. The summed E-state index contributed by atoms with van der Waals surface area (Å²) in [6.07, 6.45) is -10.5. The maximum absolute atomic E-state index is 14.4. The predicted octanol–water partition coefficient (Wildman–Crippen LogP) is 0.716. The number of carbonyl (C=O) groups excluding carboxylic acids is 13. The summed E-state index contributed by atoms with van der Waals surface area (Å²) in [6.45, 7) is 16.3. The Labute approximate surface area is 484 Å². The summed E-state index contributed by atoms with van der Waals surface area (Å²) in [7, 11) is 0. The minimum absolute atomic E-state index is 0.0352. The van der Waals surface area contributed by atoms with Crippen LogP contribution in [0.15, 0.2) is 0 Å². The van der Waals surface area contributed by atoms with E-state index in [1.54, 1.807) is 27.7 Å². The van der Waals surface area contributed by atoms with Gasteiger partial charge in [0.2, 0.25) is 29.5 Å². The van der Waals surface area contributed by atoms with Gasteiger partial charge in [-0.2, -0.15) is 0 Å². The summed E-state index contributed by atoms with van der Waals surface area (Å²) >= 11 is 2.09. The minimum Gasteiger partial charge on any atom is -0.463 e. The van der Waals surface area contributed by atoms with Crippen molar-refractivity contribution in [2.45, 2.75) is 212 Å². The van der Waals surface area contributed by atoms with Crippen LogP contribution in [0.2, 0.25) is 0 Å². The second-order valence-electron chi connectivity index (χ2n) is 20.3. The van der Waals surface area contributed by atoms with Gasteiger partial charge in [-0.1, -0.05) is 27.7 Å². The first-order valence-electron chi connectivity index (χ1n) is 26.6. The highest BCUT2D eigenvalue weighted by atomic mass is 32.2. The van der Waals surface area contributed by atoms with Crippen LogP contribution in [0.1, 0.15) is 129 Å². The van der Waals surface area contributed by atoms with Crippen LogP contribution in [0.5, 0.6) is 0 Å². The molecule has 14 atom stereocenters.